The van der Waals surface area contributed by atoms with Crippen LogP contribution in [0.25, 0.3) is 0 Å². The molecule has 0 rings (SSSR count). The first-order valence-electron chi connectivity index (χ1n) is 1.76. The van der Waals surface area contributed by atoms with Gasteiger partial charge in [0, 0.05) is 0 Å². The predicted octanol–water partition coefficient (Wildman–Crippen LogP) is -12.7. The summed E-state index contributed by atoms with van der Waals surface area (Å²) < 4.78 is 78.9. The van der Waals surface area contributed by atoms with E-state index in [4.69, 9.17) is 36.9 Å². The van der Waals surface area contributed by atoms with E-state index in [1.54, 1.807) is 0 Å². The molecule has 0 radical (unpaired) electrons. The quantitative estimate of drug-likeness (QED) is 0.192. The van der Waals surface area contributed by atoms with Crippen molar-refractivity contribution in [1.82, 2.24) is 0 Å². The summed E-state index contributed by atoms with van der Waals surface area (Å²) >= 11 is -13.9. The largest absolute Gasteiger partial charge is 1.00 e. The second kappa shape index (κ2) is 6.86. The first-order valence-corrected chi connectivity index (χ1v) is 10.8. The van der Waals surface area contributed by atoms with Gasteiger partial charge in [-0.05, 0) is 0 Å². The maximum atomic E-state index is 8.59. The number of hydrogen-bond acceptors (Lipinski definition) is 10. The molecular weight excluding hydrogens is 445 g/mol. The minimum Gasteiger partial charge on any atom is 1.00 e. The van der Waals surface area contributed by atoms with E-state index >= 15 is 0 Å². The maximum Gasteiger partial charge on any atom is 1.00 e. The van der Waals surface area contributed by atoms with Gasteiger partial charge in [-0.25, -0.2) is 0 Å². The van der Waals surface area contributed by atoms with E-state index in [9.17, 15) is 0 Å². The first kappa shape index (κ1) is 26.4. The zero-order chi connectivity index (χ0) is 10.9. The molecule has 0 heterocycles. The molecule has 10 nitrogen and oxygen atoms in total. The van der Waals surface area contributed by atoms with Crippen LogP contribution in [0.4, 0.5) is 0 Å². The average molecular weight is 451 g/mol. The SMILES string of the molecule is O=[Se](=O)([O-])[O-].O[Te](O)(O)(O)(O)O.[K+].[K+]. The second-order valence-corrected chi connectivity index (χ2v) is 10.3. The van der Waals surface area contributed by atoms with Crippen molar-refractivity contribution in [1.29, 1.82) is 0 Å². The second-order valence-electron chi connectivity index (χ2n) is 1.63. The Morgan fingerprint density at radius 3 is 0.786 bits per heavy atom. The molecule has 0 unspecified atom stereocenters. The molecular formula is H6K2O10SeTe. The van der Waals surface area contributed by atoms with Crippen LogP contribution in [0.3, 0.4) is 0 Å². The van der Waals surface area contributed by atoms with Crippen LogP contribution in [0.2, 0.25) is 0 Å². The first-order chi connectivity index (χ1) is 4.45. The molecule has 14 heteroatoms. The Balaban J connectivity index is -0.0000000651. The molecule has 80 valence electrons. The smallest absolute Gasteiger partial charge is 1.00 e. The van der Waals surface area contributed by atoms with Crippen LogP contribution in [-0.2, 0) is 7.67 Å². The maximum absolute atomic E-state index is 8.59. The average Bonchev–Trinajstić information content (AvgIpc) is 1.04. The van der Waals surface area contributed by atoms with Gasteiger partial charge in [-0.2, -0.15) is 0 Å². The standard InChI is InChI=1S/2K.H6O6Te.H2O4Se/c;;1-7(2,3,4,5)6;1-5(2,3)4/h;;1-6H;(H2,1,2,3,4)/q2*+1;;/p-2. The summed E-state index contributed by atoms with van der Waals surface area (Å²) in [7, 11) is 0. The van der Waals surface area contributed by atoms with E-state index in [1.165, 1.54) is 0 Å². The van der Waals surface area contributed by atoms with Crippen molar-refractivity contribution in [2.75, 3.05) is 0 Å². The molecule has 0 aromatic carbocycles. The Kier molecular flexibility index (Phi) is 13.0. The van der Waals surface area contributed by atoms with E-state index in [1.807, 2.05) is 0 Å². The summed E-state index contributed by atoms with van der Waals surface area (Å²) in [6.07, 6.45) is 0. The van der Waals surface area contributed by atoms with Crippen LogP contribution in [0.5, 0.6) is 0 Å². The summed E-state index contributed by atoms with van der Waals surface area (Å²) in [6.45, 7) is 0. The van der Waals surface area contributed by atoms with E-state index in [-0.39, 0.29) is 103 Å². The van der Waals surface area contributed by atoms with Gasteiger partial charge in [0.25, 0.3) is 0 Å². The topological polar surface area (TPSA) is 202 Å². The Bertz CT molecular complexity index is 220. The van der Waals surface area contributed by atoms with Crippen molar-refractivity contribution in [2.24, 2.45) is 0 Å². The Morgan fingerprint density at radius 2 is 0.786 bits per heavy atom. The molecule has 0 aliphatic rings. The van der Waals surface area contributed by atoms with Crippen LogP contribution in [-0.4, -0.2) is 52.1 Å². The minimum absolute atomic E-state index is 0. The molecule has 0 bridgehead atoms. The summed E-state index contributed by atoms with van der Waals surface area (Å²) in [5.74, 6) is 0. The van der Waals surface area contributed by atoms with Crippen LogP contribution < -0.4 is 111 Å². The van der Waals surface area contributed by atoms with Gasteiger partial charge in [0.1, 0.15) is 0 Å². The van der Waals surface area contributed by atoms with E-state index in [2.05, 4.69) is 0 Å². The van der Waals surface area contributed by atoms with Gasteiger partial charge < -0.3 is 0 Å². The van der Waals surface area contributed by atoms with Crippen molar-refractivity contribution < 1.29 is 140 Å². The normalized spacial score (nSPS) is 15.7. The Hall–Kier alpha value is 3.86. The van der Waals surface area contributed by atoms with Gasteiger partial charge in [0.15, 0.2) is 0 Å². The fourth-order valence-corrected chi connectivity index (χ4v) is 0. The molecule has 0 aliphatic carbocycles. The van der Waals surface area contributed by atoms with E-state index in [0.717, 1.165) is 0 Å². The molecule has 0 atom stereocenters. The summed E-state index contributed by atoms with van der Waals surface area (Å²) in [4.78, 5) is 0. The van der Waals surface area contributed by atoms with Crippen LogP contribution in [0.1, 0.15) is 0 Å². The van der Waals surface area contributed by atoms with E-state index < -0.39 is 31.3 Å². The van der Waals surface area contributed by atoms with Crippen LogP contribution in [0, 0.1) is 0 Å². The van der Waals surface area contributed by atoms with Gasteiger partial charge in [-0.1, -0.05) is 0 Å². The molecule has 0 aromatic rings. The third-order valence-electron chi connectivity index (χ3n) is 0. The molecule has 6 N–H and O–H groups in total. The van der Waals surface area contributed by atoms with Gasteiger partial charge in [0.05, 0.1) is 0 Å². The van der Waals surface area contributed by atoms with E-state index in [0.29, 0.717) is 0 Å². The molecule has 0 fully saturated rings. The minimum atomic E-state index is -8.18. The predicted molar refractivity (Wildman–Crippen MR) is 26.2 cm³/mol. The zero-order valence-corrected chi connectivity index (χ0v) is 17.4. The zero-order valence-electron chi connectivity index (χ0n) is 7.13. The van der Waals surface area contributed by atoms with Crippen molar-refractivity contribution in [3.63, 3.8) is 0 Å². The van der Waals surface area contributed by atoms with Crippen LogP contribution >= 0.6 is 0 Å². The van der Waals surface area contributed by atoms with Crippen LogP contribution in [0.15, 0.2) is 0 Å². The Labute approximate surface area is 166 Å². The molecule has 0 spiro atoms. The van der Waals surface area contributed by atoms with Crippen molar-refractivity contribution in [3.8, 4) is 0 Å². The third kappa shape index (κ3) is 235. The third-order valence-corrected chi connectivity index (χ3v) is 0. The number of hydrogen-bond donors (Lipinski definition) is 6. The summed E-state index contributed by atoms with van der Waals surface area (Å²) in [5.41, 5.74) is 0. The van der Waals surface area contributed by atoms with Crippen molar-refractivity contribution >= 4 is 31.3 Å². The molecule has 0 aliphatic heterocycles. The monoisotopic (exact) mass is 454 g/mol. The molecule has 14 heavy (non-hydrogen) atoms. The van der Waals surface area contributed by atoms with Gasteiger partial charge in [-0.15, -0.1) is 0 Å². The van der Waals surface area contributed by atoms with Gasteiger partial charge >= 0.3 is 171 Å². The fraction of sp³-hybridized carbons (Fsp3) is 0. The van der Waals surface area contributed by atoms with Crippen molar-refractivity contribution in [2.45, 2.75) is 0 Å². The Morgan fingerprint density at radius 1 is 0.786 bits per heavy atom. The summed E-state index contributed by atoms with van der Waals surface area (Å²) in [6, 6.07) is 0. The summed E-state index contributed by atoms with van der Waals surface area (Å²) in [5, 5.41) is 0. The fourth-order valence-electron chi connectivity index (χ4n) is 0. The molecule has 0 saturated heterocycles. The van der Waals surface area contributed by atoms with Crippen molar-refractivity contribution in [3.05, 3.63) is 0 Å². The number of rotatable bonds is 0. The van der Waals surface area contributed by atoms with Gasteiger partial charge in [0.2, 0.25) is 0 Å². The molecule has 0 amide bonds. The molecule has 0 aromatic heterocycles. The van der Waals surface area contributed by atoms with Gasteiger partial charge in [-0.3, -0.25) is 0 Å². The molecule has 0 saturated carbocycles.